The molecule has 0 saturated carbocycles. The van der Waals surface area contributed by atoms with Gasteiger partial charge in [-0.2, -0.15) is 4.31 Å². The van der Waals surface area contributed by atoms with E-state index >= 15 is 0 Å². The van der Waals surface area contributed by atoms with Crippen molar-refractivity contribution in [3.05, 3.63) is 35.1 Å². The van der Waals surface area contributed by atoms with Crippen molar-refractivity contribution in [2.45, 2.75) is 11.8 Å². The molecular weight excluding hydrogens is 442 g/mol. The molecule has 31 heavy (non-hydrogen) atoms. The van der Waals surface area contributed by atoms with E-state index in [1.807, 2.05) is 13.0 Å². The first kappa shape index (κ1) is 22.1. The van der Waals surface area contributed by atoms with Gasteiger partial charge in [-0.1, -0.05) is 11.6 Å². The largest absolute Gasteiger partial charge is 0.495 e. The first-order valence-electron chi connectivity index (χ1n) is 10.2. The van der Waals surface area contributed by atoms with Crippen LogP contribution in [0.4, 0.5) is 11.6 Å². The molecule has 0 bridgehead atoms. The molecule has 1 aromatic heterocycles. The zero-order valence-corrected chi connectivity index (χ0v) is 19.2. The predicted molar refractivity (Wildman–Crippen MR) is 119 cm³/mol. The number of morpholine rings is 1. The van der Waals surface area contributed by atoms with Crippen LogP contribution in [0.5, 0.6) is 5.75 Å². The number of nitrogens with zero attached hydrogens (tertiary/aromatic N) is 5. The molecule has 0 spiro atoms. The van der Waals surface area contributed by atoms with Crippen molar-refractivity contribution < 1.29 is 17.9 Å². The number of aryl methyl sites for hydroxylation is 1. The van der Waals surface area contributed by atoms with Crippen LogP contribution in [0.3, 0.4) is 0 Å². The number of anilines is 2. The Hall–Kier alpha value is -2.14. The zero-order chi connectivity index (χ0) is 22.0. The number of aromatic nitrogens is 2. The maximum Gasteiger partial charge on any atom is 0.243 e. The van der Waals surface area contributed by atoms with E-state index in [-0.39, 0.29) is 9.92 Å². The van der Waals surface area contributed by atoms with Gasteiger partial charge in [0.25, 0.3) is 0 Å². The fourth-order valence-electron chi connectivity index (χ4n) is 3.77. The molecule has 11 heteroatoms. The van der Waals surface area contributed by atoms with Gasteiger partial charge in [-0.15, -0.1) is 0 Å². The molecule has 4 rings (SSSR count). The van der Waals surface area contributed by atoms with Crippen LogP contribution < -0.4 is 14.5 Å². The van der Waals surface area contributed by atoms with Crippen molar-refractivity contribution in [3.8, 4) is 5.75 Å². The van der Waals surface area contributed by atoms with Crippen molar-refractivity contribution in [1.82, 2.24) is 14.3 Å². The van der Waals surface area contributed by atoms with Crippen LogP contribution in [-0.4, -0.2) is 82.3 Å². The summed E-state index contributed by atoms with van der Waals surface area (Å²) in [6.45, 7) is 6.66. The molecule has 3 heterocycles. The molecule has 2 saturated heterocycles. The molecule has 0 atom stereocenters. The Kier molecular flexibility index (Phi) is 6.52. The second kappa shape index (κ2) is 9.15. The quantitative estimate of drug-likeness (QED) is 0.657. The summed E-state index contributed by atoms with van der Waals surface area (Å²) < 4.78 is 38.1. The van der Waals surface area contributed by atoms with E-state index in [4.69, 9.17) is 21.1 Å². The number of hydrogen-bond donors (Lipinski definition) is 0. The summed E-state index contributed by atoms with van der Waals surface area (Å²) in [6.07, 6.45) is 0. The lowest BCUT2D eigenvalue weighted by Crippen LogP contribution is -2.49. The third-order valence-electron chi connectivity index (χ3n) is 5.47. The maximum absolute atomic E-state index is 13.1. The molecule has 2 fully saturated rings. The highest BCUT2D eigenvalue weighted by molar-refractivity contribution is 7.89. The van der Waals surface area contributed by atoms with Crippen LogP contribution in [0.25, 0.3) is 0 Å². The van der Waals surface area contributed by atoms with Crippen LogP contribution in [0.15, 0.2) is 29.2 Å². The van der Waals surface area contributed by atoms with E-state index in [0.29, 0.717) is 51.0 Å². The van der Waals surface area contributed by atoms with Crippen LogP contribution in [0.2, 0.25) is 5.02 Å². The zero-order valence-electron chi connectivity index (χ0n) is 17.6. The van der Waals surface area contributed by atoms with Crippen LogP contribution in [0, 0.1) is 6.92 Å². The van der Waals surface area contributed by atoms with Gasteiger partial charge in [-0.05, 0) is 25.1 Å². The lowest BCUT2D eigenvalue weighted by molar-refractivity contribution is 0.122. The topological polar surface area (TPSA) is 88.1 Å². The maximum atomic E-state index is 13.1. The Morgan fingerprint density at radius 3 is 2.16 bits per heavy atom. The minimum Gasteiger partial charge on any atom is -0.495 e. The third-order valence-corrected chi connectivity index (χ3v) is 7.66. The highest BCUT2D eigenvalue weighted by atomic mass is 35.5. The number of halogens is 1. The number of benzene rings is 1. The van der Waals surface area contributed by atoms with Crippen LogP contribution >= 0.6 is 11.6 Å². The number of hydrogen-bond acceptors (Lipinski definition) is 8. The molecule has 9 nitrogen and oxygen atoms in total. The third kappa shape index (κ3) is 4.72. The van der Waals surface area contributed by atoms with Gasteiger partial charge in [-0.25, -0.2) is 18.4 Å². The van der Waals surface area contributed by atoms with Crippen LogP contribution in [-0.2, 0) is 14.8 Å². The Bertz CT molecular complexity index is 1040. The van der Waals surface area contributed by atoms with Crippen molar-refractivity contribution in [1.29, 1.82) is 0 Å². The number of methoxy groups -OCH3 is 1. The molecule has 2 aliphatic heterocycles. The molecule has 2 aliphatic rings. The average Bonchev–Trinajstić information content (AvgIpc) is 2.79. The summed E-state index contributed by atoms with van der Waals surface area (Å²) in [6, 6.07) is 6.51. The molecule has 0 N–H and O–H groups in total. The summed E-state index contributed by atoms with van der Waals surface area (Å²) in [5.41, 5.74) is 0. The monoisotopic (exact) mass is 467 g/mol. The van der Waals surface area contributed by atoms with Crippen LogP contribution in [0.1, 0.15) is 5.82 Å². The molecule has 2 aromatic rings. The Balaban J connectivity index is 1.47. The second-order valence-electron chi connectivity index (χ2n) is 7.42. The van der Waals surface area contributed by atoms with Gasteiger partial charge in [0, 0.05) is 45.3 Å². The minimum absolute atomic E-state index is 0.166. The molecular formula is C20H26ClN5O4S. The van der Waals surface area contributed by atoms with Crippen molar-refractivity contribution in [2.24, 2.45) is 0 Å². The normalized spacial score (nSPS) is 18.3. The first-order valence-corrected chi connectivity index (χ1v) is 12.0. The number of piperazine rings is 1. The van der Waals surface area contributed by atoms with Gasteiger partial charge in [0.1, 0.15) is 23.2 Å². The predicted octanol–water partition coefficient (Wildman–Crippen LogP) is 1.79. The van der Waals surface area contributed by atoms with Gasteiger partial charge >= 0.3 is 0 Å². The van der Waals surface area contributed by atoms with Crippen molar-refractivity contribution >= 4 is 33.3 Å². The second-order valence-corrected chi connectivity index (χ2v) is 9.76. The van der Waals surface area contributed by atoms with Gasteiger partial charge in [0.15, 0.2) is 0 Å². The molecule has 0 aliphatic carbocycles. The molecule has 0 amide bonds. The Labute approximate surface area is 187 Å². The van der Waals surface area contributed by atoms with Crippen molar-refractivity contribution in [2.75, 3.05) is 69.4 Å². The molecule has 168 valence electrons. The molecule has 0 radical (unpaired) electrons. The van der Waals surface area contributed by atoms with Gasteiger partial charge in [0.2, 0.25) is 10.0 Å². The van der Waals surface area contributed by atoms with E-state index in [1.54, 1.807) is 6.07 Å². The fraction of sp³-hybridized carbons (Fsp3) is 0.500. The summed E-state index contributed by atoms with van der Waals surface area (Å²) >= 11 is 6.13. The minimum atomic E-state index is -3.64. The van der Waals surface area contributed by atoms with Gasteiger partial charge in [0.05, 0.1) is 30.2 Å². The highest BCUT2D eigenvalue weighted by Crippen LogP contribution is 2.29. The van der Waals surface area contributed by atoms with Gasteiger partial charge < -0.3 is 19.3 Å². The highest BCUT2D eigenvalue weighted by Gasteiger charge is 2.30. The van der Waals surface area contributed by atoms with E-state index in [0.717, 1.165) is 24.7 Å². The SMILES string of the molecule is COc1ccc(S(=O)(=O)N2CCN(c3cc(N4CCOCC4)nc(C)n3)CC2)cc1Cl. The first-order chi connectivity index (χ1) is 14.9. The van der Waals surface area contributed by atoms with E-state index in [2.05, 4.69) is 19.8 Å². The molecule has 1 aromatic carbocycles. The summed E-state index contributed by atoms with van der Waals surface area (Å²) in [5, 5.41) is 0.273. The smallest absolute Gasteiger partial charge is 0.243 e. The summed E-state index contributed by atoms with van der Waals surface area (Å²) in [4.78, 5) is 13.6. The summed E-state index contributed by atoms with van der Waals surface area (Å²) in [7, 11) is -2.14. The Morgan fingerprint density at radius 1 is 0.968 bits per heavy atom. The van der Waals surface area contributed by atoms with E-state index in [1.165, 1.54) is 23.5 Å². The van der Waals surface area contributed by atoms with E-state index in [9.17, 15) is 8.42 Å². The number of sulfonamides is 1. The lowest BCUT2D eigenvalue weighted by atomic mass is 10.3. The molecule has 0 unspecified atom stereocenters. The average molecular weight is 468 g/mol. The van der Waals surface area contributed by atoms with Crippen molar-refractivity contribution in [3.63, 3.8) is 0 Å². The standard InChI is InChI=1S/C20H26ClN5O4S/c1-15-22-19(14-20(23-15)25-9-11-30-12-10-25)24-5-7-26(8-6-24)31(27,28)16-3-4-18(29-2)17(21)13-16/h3-4,13-14H,5-12H2,1-2H3. The summed E-state index contributed by atoms with van der Waals surface area (Å²) in [5.74, 6) is 2.84. The van der Waals surface area contributed by atoms with Gasteiger partial charge in [-0.3, -0.25) is 0 Å². The number of rotatable bonds is 5. The lowest BCUT2D eigenvalue weighted by Gasteiger charge is -2.35. The Morgan fingerprint density at radius 2 is 1.58 bits per heavy atom. The van der Waals surface area contributed by atoms with E-state index < -0.39 is 10.0 Å². The number of ether oxygens (including phenoxy) is 2. The fourth-order valence-corrected chi connectivity index (χ4v) is 5.54.